The normalized spacial score (nSPS) is 25.5. The van der Waals surface area contributed by atoms with Gasteiger partial charge in [-0.1, -0.05) is 0 Å². The summed E-state index contributed by atoms with van der Waals surface area (Å²) in [5, 5.41) is 3.35. The van der Waals surface area contributed by atoms with E-state index in [9.17, 15) is 9.59 Å². The molecule has 1 unspecified atom stereocenters. The number of amides is 1. The van der Waals surface area contributed by atoms with Gasteiger partial charge >= 0.3 is 5.63 Å². The fourth-order valence-electron chi connectivity index (χ4n) is 4.94. The predicted octanol–water partition coefficient (Wildman–Crippen LogP) is 2.45. The zero-order valence-electron chi connectivity index (χ0n) is 16.2. The van der Waals surface area contributed by atoms with Crippen molar-refractivity contribution in [1.29, 1.82) is 0 Å². The minimum atomic E-state index is -0.479. The smallest absolute Gasteiger partial charge is 0.349 e. The Kier molecular flexibility index (Phi) is 5.37. The molecule has 0 aromatic carbocycles. The van der Waals surface area contributed by atoms with Crippen LogP contribution in [0.4, 0.5) is 0 Å². The Balaban J connectivity index is 1.55. The summed E-state index contributed by atoms with van der Waals surface area (Å²) in [5.74, 6) is 0.760. The molecule has 4 heterocycles. The Morgan fingerprint density at radius 1 is 1.26 bits per heavy atom. The quantitative estimate of drug-likeness (QED) is 0.861. The molecule has 0 aliphatic carbocycles. The van der Waals surface area contributed by atoms with Crippen molar-refractivity contribution in [2.24, 2.45) is 5.41 Å². The molecule has 6 nitrogen and oxygen atoms in total. The van der Waals surface area contributed by atoms with Crippen LogP contribution in [-0.4, -0.2) is 50.2 Å². The highest BCUT2D eigenvalue weighted by Gasteiger charge is 2.39. The first-order chi connectivity index (χ1) is 13.1. The first-order valence-corrected chi connectivity index (χ1v) is 10.3. The maximum absolute atomic E-state index is 13.2. The van der Waals surface area contributed by atoms with E-state index in [1.807, 2.05) is 17.9 Å². The third-order valence-electron chi connectivity index (χ3n) is 6.58. The molecule has 3 fully saturated rings. The number of piperidine rings is 2. The highest BCUT2D eigenvalue weighted by molar-refractivity contribution is 5.95. The summed E-state index contributed by atoms with van der Waals surface area (Å²) in [6.45, 7) is 6.68. The second-order valence-corrected chi connectivity index (χ2v) is 8.48. The Bertz CT molecular complexity index is 740. The lowest BCUT2D eigenvalue weighted by molar-refractivity contribution is -0.0230. The van der Waals surface area contributed by atoms with Crippen LogP contribution in [0.3, 0.4) is 0 Å². The van der Waals surface area contributed by atoms with E-state index in [0.29, 0.717) is 12.3 Å². The second-order valence-electron chi connectivity index (χ2n) is 8.48. The molecule has 3 aliphatic heterocycles. The van der Waals surface area contributed by atoms with Gasteiger partial charge in [0.25, 0.3) is 5.91 Å². The Labute approximate surface area is 160 Å². The van der Waals surface area contributed by atoms with Gasteiger partial charge in [0.2, 0.25) is 0 Å². The van der Waals surface area contributed by atoms with Crippen LogP contribution in [0.1, 0.15) is 66.1 Å². The number of nitrogens with zero attached hydrogens (tertiary/aromatic N) is 1. The van der Waals surface area contributed by atoms with Crippen molar-refractivity contribution in [2.75, 3.05) is 39.4 Å². The van der Waals surface area contributed by atoms with E-state index in [1.54, 1.807) is 0 Å². The first-order valence-electron chi connectivity index (χ1n) is 10.3. The molecule has 27 heavy (non-hydrogen) atoms. The third kappa shape index (κ3) is 3.83. The maximum Gasteiger partial charge on any atom is 0.349 e. The Hall–Kier alpha value is -1.66. The number of carbonyl (C=O) groups is 1. The molecule has 3 aliphatic rings. The standard InChI is InChI=1S/C21H30N2O4/c1-15-12-17(16-4-2-8-22-13-16)27-20(25)18(15)19(24)23-9-3-5-21(14-23)6-10-26-11-7-21/h12,16,22H,2-11,13-14H2,1H3. The van der Waals surface area contributed by atoms with E-state index in [0.717, 1.165) is 76.9 Å². The number of carbonyl (C=O) groups excluding carboxylic acids is 1. The van der Waals surface area contributed by atoms with Crippen LogP contribution in [-0.2, 0) is 4.74 Å². The first kappa shape index (κ1) is 18.7. The summed E-state index contributed by atoms with van der Waals surface area (Å²) in [6, 6.07) is 1.90. The van der Waals surface area contributed by atoms with Gasteiger partial charge in [-0.25, -0.2) is 4.79 Å². The Morgan fingerprint density at radius 3 is 2.78 bits per heavy atom. The molecule has 0 bridgehead atoms. The van der Waals surface area contributed by atoms with Gasteiger partial charge in [0.05, 0.1) is 0 Å². The molecule has 3 saturated heterocycles. The number of rotatable bonds is 2. The van der Waals surface area contributed by atoms with Gasteiger partial charge in [0, 0.05) is 38.8 Å². The summed E-state index contributed by atoms with van der Waals surface area (Å²) in [6.07, 6.45) is 6.21. The SMILES string of the molecule is Cc1cc(C2CCCNC2)oc(=O)c1C(=O)N1CCCC2(CCOCC2)C1. The van der Waals surface area contributed by atoms with Crippen molar-refractivity contribution in [2.45, 2.75) is 51.4 Å². The van der Waals surface area contributed by atoms with Gasteiger partial charge in [-0.2, -0.15) is 0 Å². The molecule has 4 rings (SSSR count). The molecular formula is C21H30N2O4. The van der Waals surface area contributed by atoms with Gasteiger partial charge in [-0.15, -0.1) is 0 Å². The molecule has 1 atom stereocenters. The van der Waals surface area contributed by atoms with Crippen molar-refractivity contribution in [3.05, 3.63) is 33.4 Å². The molecular weight excluding hydrogens is 344 g/mol. The fraction of sp³-hybridized carbons (Fsp3) is 0.714. The molecule has 0 radical (unpaired) electrons. The van der Waals surface area contributed by atoms with Crippen LogP contribution < -0.4 is 10.9 Å². The number of hydrogen-bond acceptors (Lipinski definition) is 5. The summed E-state index contributed by atoms with van der Waals surface area (Å²) < 4.78 is 11.1. The van der Waals surface area contributed by atoms with Crippen molar-refractivity contribution >= 4 is 5.91 Å². The molecule has 148 valence electrons. The number of nitrogens with one attached hydrogen (secondary N) is 1. The van der Waals surface area contributed by atoms with E-state index in [1.165, 1.54) is 0 Å². The minimum Gasteiger partial charge on any atom is -0.427 e. The molecule has 1 aromatic rings. The van der Waals surface area contributed by atoms with Crippen LogP contribution in [0.2, 0.25) is 0 Å². The van der Waals surface area contributed by atoms with Crippen LogP contribution in [0.25, 0.3) is 0 Å². The molecule has 1 spiro atoms. The molecule has 1 amide bonds. The molecule has 1 N–H and O–H groups in total. The fourth-order valence-corrected chi connectivity index (χ4v) is 4.94. The van der Waals surface area contributed by atoms with Crippen molar-refractivity contribution in [3.8, 4) is 0 Å². The van der Waals surface area contributed by atoms with Crippen LogP contribution in [0.5, 0.6) is 0 Å². The van der Waals surface area contributed by atoms with Gasteiger partial charge in [-0.3, -0.25) is 4.79 Å². The van der Waals surface area contributed by atoms with E-state index >= 15 is 0 Å². The summed E-state index contributed by atoms with van der Waals surface area (Å²) in [5.41, 5.74) is 0.635. The van der Waals surface area contributed by atoms with E-state index in [2.05, 4.69) is 5.32 Å². The van der Waals surface area contributed by atoms with Crippen LogP contribution >= 0.6 is 0 Å². The van der Waals surface area contributed by atoms with Gasteiger partial charge in [0.1, 0.15) is 11.3 Å². The number of ether oxygens (including phenoxy) is 1. The van der Waals surface area contributed by atoms with Crippen molar-refractivity contribution in [3.63, 3.8) is 0 Å². The van der Waals surface area contributed by atoms with Crippen molar-refractivity contribution in [1.82, 2.24) is 10.2 Å². The lowest BCUT2D eigenvalue weighted by atomic mass is 9.74. The minimum absolute atomic E-state index is 0.161. The van der Waals surface area contributed by atoms with E-state index in [4.69, 9.17) is 9.15 Å². The van der Waals surface area contributed by atoms with Gasteiger partial charge in [0.15, 0.2) is 0 Å². The van der Waals surface area contributed by atoms with Crippen LogP contribution in [0.15, 0.2) is 15.3 Å². The molecule has 6 heteroatoms. The summed E-state index contributed by atoms with van der Waals surface area (Å²) in [4.78, 5) is 27.7. The average Bonchev–Trinajstić information content (AvgIpc) is 2.68. The largest absolute Gasteiger partial charge is 0.427 e. The van der Waals surface area contributed by atoms with Gasteiger partial charge in [-0.05, 0) is 69.0 Å². The topological polar surface area (TPSA) is 71.8 Å². The zero-order valence-corrected chi connectivity index (χ0v) is 16.2. The third-order valence-corrected chi connectivity index (χ3v) is 6.58. The average molecular weight is 374 g/mol. The highest BCUT2D eigenvalue weighted by Crippen LogP contribution is 2.39. The van der Waals surface area contributed by atoms with Crippen LogP contribution in [0, 0.1) is 12.3 Å². The number of hydrogen-bond donors (Lipinski definition) is 1. The highest BCUT2D eigenvalue weighted by atomic mass is 16.5. The molecule has 0 saturated carbocycles. The predicted molar refractivity (Wildman–Crippen MR) is 102 cm³/mol. The lowest BCUT2D eigenvalue weighted by Gasteiger charge is -2.45. The number of aryl methyl sites for hydroxylation is 1. The van der Waals surface area contributed by atoms with E-state index < -0.39 is 5.63 Å². The lowest BCUT2D eigenvalue weighted by Crippen LogP contribution is -2.49. The summed E-state index contributed by atoms with van der Waals surface area (Å²) >= 11 is 0. The maximum atomic E-state index is 13.2. The number of likely N-dealkylation sites (tertiary alicyclic amines) is 1. The zero-order chi connectivity index (χ0) is 18.9. The summed E-state index contributed by atoms with van der Waals surface area (Å²) in [7, 11) is 0. The second kappa shape index (κ2) is 7.76. The van der Waals surface area contributed by atoms with E-state index in [-0.39, 0.29) is 22.8 Å². The van der Waals surface area contributed by atoms with Crippen molar-refractivity contribution < 1.29 is 13.9 Å². The van der Waals surface area contributed by atoms with Gasteiger partial charge < -0.3 is 19.4 Å². The monoisotopic (exact) mass is 374 g/mol. The Morgan fingerprint density at radius 2 is 2.07 bits per heavy atom. The molecule has 1 aromatic heterocycles.